The Balaban J connectivity index is 2.61. The lowest BCUT2D eigenvalue weighted by atomic mass is 9.70. The summed E-state index contributed by atoms with van der Waals surface area (Å²) in [6.07, 6.45) is 5.28. The van der Waals surface area contributed by atoms with Crippen LogP contribution in [0, 0.1) is 17.3 Å². The molecule has 0 atom stereocenters. The summed E-state index contributed by atoms with van der Waals surface area (Å²) >= 11 is 0. The minimum absolute atomic E-state index is 0.266. The van der Waals surface area contributed by atoms with E-state index in [0.29, 0.717) is 12.5 Å². The van der Waals surface area contributed by atoms with Crippen LogP contribution in [0.2, 0.25) is 0 Å². The van der Waals surface area contributed by atoms with E-state index >= 15 is 0 Å². The van der Waals surface area contributed by atoms with E-state index in [1.807, 2.05) is 11.9 Å². The molecule has 1 saturated carbocycles. The third-order valence-electron chi connectivity index (χ3n) is 4.46. The summed E-state index contributed by atoms with van der Waals surface area (Å²) in [5.74, 6) is 1.66. The molecule has 1 rings (SSSR count). The van der Waals surface area contributed by atoms with Gasteiger partial charge in [0.25, 0.3) is 0 Å². The third kappa shape index (κ3) is 3.71. The first-order chi connectivity index (χ1) is 8.41. The molecule has 3 heteroatoms. The van der Waals surface area contributed by atoms with Gasteiger partial charge in [-0.05, 0) is 43.9 Å². The second-order valence-corrected chi connectivity index (χ2v) is 6.58. The lowest BCUT2D eigenvalue weighted by Gasteiger charge is -2.39. The maximum atomic E-state index is 12.6. The number of hydrogen-bond donors (Lipinski definition) is 1. The summed E-state index contributed by atoms with van der Waals surface area (Å²) in [5.41, 5.74) is 5.67. The Morgan fingerprint density at radius 3 is 2.39 bits per heavy atom. The molecule has 1 amide bonds. The Bertz CT molecular complexity index is 268. The Kier molecular flexibility index (Phi) is 5.64. The van der Waals surface area contributed by atoms with Gasteiger partial charge in [0.1, 0.15) is 0 Å². The van der Waals surface area contributed by atoms with Gasteiger partial charge in [0.2, 0.25) is 5.91 Å². The largest absolute Gasteiger partial charge is 0.345 e. The summed E-state index contributed by atoms with van der Waals surface area (Å²) < 4.78 is 0. The van der Waals surface area contributed by atoms with E-state index in [2.05, 4.69) is 20.8 Å². The number of carbonyl (C=O) groups excluding carboxylic acids is 1. The highest BCUT2D eigenvalue weighted by Gasteiger charge is 2.41. The highest BCUT2D eigenvalue weighted by Crippen LogP contribution is 2.39. The van der Waals surface area contributed by atoms with E-state index in [0.717, 1.165) is 44.6 Å². The van der Waals surface area contributed by atoms with Gasteiger partial charge in [-0.15, -0.1) is 0 Å². The number of hydrogen-bond acceptors (Lipinski definition) is 2. The van der Waals surface area contributed by atoms with E-state index in [4.69, 9.17) is 5.73 Å². The van der Waals surface area contributed by atoms with Crippen LogP contribution in [0.3, 0.4) is 0 Å². The highest BCUT2D eigenvalue weighted by molar-refractivity contribution is 5.82. The van der Waals surface area contributed by atoms with E-state index in [9.17, 15) is 4.79 Å². The summed E-state index contributed by atoms with van der Waals surface area (Å²) in [6.45, 7) is 8.02. The maximum absolute atomic E-state index is 12.6. The number of nitrogens with zero attached hydrogens (tertiary/aromatic N) is 1. The Morgan fingerprint density at radius 1 is 1.39 bits per heavy atom. The van der Waals surface area contributed by atoms with Crippen LogP contribution in [0.5, 0.6) is 0 Å². The van der Waals surface area contributed by atoms with Crippen LogP contribution in [0.15, 0.2) is 0 Å². The van der Waals surface area contributed by atoms with Crippen molar-refractivity contribution in [2.45, 2.75) is 52.9 Å². The molecule has 0 aliphatic heterocycles. The molecule has 106 valence electrons. The molecule has 1 aliphatic carbocycles. The highest BCUT2D eigenvalue weighted by atomic mass is 16.2. The average Bonchev–Trinajstić information content (AvgIpc) is 2.36. The average molecular weight is 254 g/mol. The van der Waals surface area contributed by atoms with Gasteiger partial charge in [-0.25, -0.2) is 0 Å². The first kappa shape index (κ1) is 15.5. The topological polar surface area (TPSA) is 46.3 Å². The molecule has 2 N–H and O–H groups in total. The molecule has 0 saturated heterocycles. The zero-order chi connectivity index (χ0) is 13.8. The fourth-order valence-electron chi connectivity index (χ4n) is 2.78. The number of amides is 1. The lowest BCUT2D eigenvalue weighted by Crippen LogP contribution is -2.48. The second kappa shape index (κ2) is 6.55. The van der Waals surface area contributed by atoms with Crippen molar-refractivity contribution in [3.8, 4) is 0 Å². The predicted molar refractivity (Wildman–Crippen MR) is 76.2 cm³/mol. The summed E-state index contributed by atoms with van der Waals surface area (Å²) in [7, 11) is 1.93. The zero-order valence-electron chi connectivity index (χ0n) is 12.5. The molecular weight excluding hydrogens is 224 g/mol. The number of nitrogens with two attached hydrogens (primary N) is 1. The molecule has 0 aromatic heterocycles. The smallest absolute Gasteiger partial charge is 0.229 e. The van der Waals surface area contributed by atoms with Gasteiger partial charge in [-0.2, -0.15) is 0 Å². The summed E-state index contributed by atoms with van der Waals surface area (Å²) in [4.78, 5) is 14.5. The molecule has 0 aromatic carbocycles. The molecule has 0 heterocycles. The standard InChI is InChI=1S/C15H30N2O/c1-12(2)7-10-17(4)14(18)15(11-16)8-5-13(3)6-9-15/h12-13H,5-11,16H2,1-4H3. The van der Waals surface area contributed by atoms with Crippen LogP contribution < -0.4 is 5.73 Å². The van der Waals surface area contributed by atoms with Crippen molar-refractivity contribution in [3.05, 3.63) is 0 Å². The van der Waals surface area contributed by atoms with Crippen LogP contribution in [-0.2, 0) is 4.79 Å². The minimum Gasteiger partial charge on any atom is -0.345 e. The quantitative estimate of drug-likeness (QED) is 0.820. The van der Waals surface area contributed by atoms with E-state index in [-0.39, 0.29) is 11.3 Å². The van der Waals surface area contributed by atoms with Crippen LogP contribution in [0.25, 0.3) is 0 Å². The van der Waals surface area contributed by atoms with Gasteiger partial charge in [0.05, 0.1) is 5.41 Å². The van der Waals surface area contributed by atoms with Gasteiger partial charge in [0, 0.05) is 20.1 Å². The van der Waals surface area contributed by atoms with Gasteiger partial charge in [0.15, 0.2) is 0 Å². The van der Waals surface area contributed by atoms with Gasteiger partial charge in [-0.1, -0.05) is 20.8 Å². The predicted octanol–water partition coefficient (Wildman–Crippen LogP) is 2.65. The first-order valence-electron chi connectivity index (χ1n) is 7.37. The molecule has 3 nitrogen and oxygen atoms in total. The van der Waals surface area contributed by atoms with Crippen molar-refractivity contribution >= 4 is 5.91 Å². The Labute approximate surface area is 112 Å². The molecule has 0 bridgehead atoms. The molecule has 18 heavy (non-hydrogen) atoms. The molecule has 0 spiro atoms. The molecule has 0 aromatic rings. The SMILES string of the molecule is CC(C)CCN(C)C(=O)C1(CN)CCC(C)CC1. The fourth-order valence-corrected chi connectivity index (χ4v) is 2.78. The first-order valence-corrected chi connectivity index (χ1v) is 7.37. The van der Waals surface area contributed by atoms with Crippen LogP contribution >= 0.6 is 0 Å². The normalized spacial score (nSPS) is 28.4. The second-order valence-electron chi connectivity index (χ2n) is 6.58. The van der Waals surface area contributed by atoms with Crippen LogP contribution in [0.4, 0.5) is 0 Å². The van der Waals surface area contributed by atoms with E-state index in [1.165, 1.54) is 0 Å². The number of rotatable bonds is 5. The van der Waals surface area contributed by atoms with Crippen molar-refractivity contribution < 1.29 is 4.79 Å². The monoisotopic (exact) mass is 254 g/mol. The van der Waals surface area contributed by atoms with Gasteiger partial charge < -0.3 is 10.6 Å². The molecule has 0 radical (unpaired) electrons. The maximum Gasteiger partial charge on any atom is 0.229 e. The third-order valence-corrected chi connectivity index (χ3v) is 4.46. The fraction of sp³-hybridized carbons (Fsp3) is 0.933. The van der Waals surface area contributed by atoms with Gasteiger partial charge >= 0.3 is 0 Å². The van der Waals surface area contributed by atoms with Crippen molar-refractivity contribution in [3.63, 3.8) is 0 Å². The molecule has 1 fully saturated rings. The Morgan fingerprint density at radius 2 is 1.94 bits per heavy atom. The van der Waals surface area contributed by atoms with E-state index in [1.54, 1.807) is 0 Å². The lowest BCUT2D eigenvalue weighted by molar-refractivity contribution is -0.142. The van der Waals surface area contributed by atoms with Crippen molar-refractivity contribution in [2.24, 2.45) is 23.0 Å². The van der Waals surface area contributed by atoms with Crippen LogP contribution in [0.1, 0.15) is 52.9 Å². The minimum atomic E-state index is -0.266. The van der Waals surface area contributed by atoms with Crippen molar-refractivity contribution in [1.29, 1.82) is 0 Å². The van der Waals surface area contributed by atoms with Gasteiger partial charge in [-0.3, -0.25) is 4.79 Å². The molecule has 0 unspecified atom stereocenters. The van der Waals surface area contributed by atoms with Crippen molar-refractivity contribution in [2.75, 3.05) is 20.1 Å². The zero-order valence-corrected chi connectivity index (χ0v) is 12.5. The van der Waals surface area contributed by atoms with Crippen molar-refractivity contribution in [1.82, 2.24) is 4.90 Å². The summed E-state index contributed by atoms with van der Waals surface area (Å²) in [5, 5.41) is 0. The summed E-state index contributed by atoms with van der Waals surface area (Å²) in [6, 6.07) is 0. The van der Waals surface area contributed by atoms with Crippen LogP contribution in [-0.4, -0.2) is 30.9 Å². The van der Waals surface area contributed by atoms with E-state index < -0.39 is 0 Å². The molecule has 1 aliphatic rings. The number of carbonyl (C=O) groups is 1. The molecular formula is C15H30N2O. The Hall–Kier alpha value is -0.570.